The number of hydrogen-bond acceptors (Lipinski definition) is 10. The minimum Gasteiger partial charge on any atom is -0.460 e. The number of rotatable bonds is 22. The molecule has 0 fully saturated rings. The summed E-state index contributed by atoms with van der Waals surface area (Å²) in [5.74, 6) is -1.50. The van der Waals surface area contributed by atoms with E-state index in [0.29, 0.717) is 39.5 Å². The quantitative estimate of drug-likeness (QED) is 0.0996. The van der Waals surface area contributed by atoms with E-state index in [0.717, 1.165) is 18.2 Å². The Hall–Kier alpha value is -2.53. The molecule has 0 aromatic heterocycles. The fourth-order valence-electron chi connectivity index (χ4n) is 2.24. The zero-order valence-electron chi connectivity index (χ0n) is 19.4. The molecule has 0 unspecified atom stereocenters. The predicted octanol–water partition coefficient (Wildman–Crippen LogP) is 1.64. The second-order valence-electron chi connectivity index (χ2n) is 7.01. The molecule has 0 rings (SSSR count). The molecule has 10 nitrogen and oxygen atoms in total. The smallest absolute Gasteiger partial charge is 0.330 e. The highest BCUT2D eigenvalue weighted by atomic mass is 16.6. The number of ether oxygens (including phenoxy) is 7. The molecule has 0 aromatic rings. The third-order valence-corrected chi connectivity index (χ3v) is 4.04. The van der Waals surface area contributed by atoms with Crippen molar-refractivity contribution < 1.29 is 47.5 Å². The number of hydrogen-bond donors (Lipinski definition) is 0. The minimum atomic E-state index is -0.506. The molecule has 0 heterocycles. The van der Waals surface area contributed by atoms with Crippen LogP contribution in [-0.4, -0.2) is 90.6 Å². The van der Waals surface area contributed by atoms with Crippen molar-refractivity contribution in [2.45, 2.75) is 13.3 Å². The zero-order chi connectivity index (χ0) is 24.8. The zero-order valence-corrected chi connectivity index (χ0v) is 19.4. The van der Waals surface area contributed by atoms with Crippen molar-refractivity contribution in [1.29, 1.82) is 0 Å². The second-order valence-corrected chi connectivity index (χ2v) is 7.01. The summed E-state index contributed by atoms with van der Waals surface area (Å²) in [5.41, 5.74) is -0.384. The molecule has 0 spiro atoms. The van der Waals surface area contributed by atoms with Crippen LogP contribution in [0.5, 0.6) is 0 Å². The largest absolute Gasteiger partial charge is 0.460 e. The monoisotopic (exact) mass is 472 g/mol. The van der Waals surface area contributed by atoms with E-state index < -0.39 is 17.9 Å². The molecule has 0 bridgehead atoms. The average Bonchev–Trinajstić information content (AvgIpc) is 2.81. The van der Waals surface area contributed by atoms with Gasteiger partial charge in [-0.25, -0.2) is 14.4 Å². The van der Waals surface area contributed by atoms with Crippen molar-refractivity contribution in [1.82, 2.24) is 0 Å². The van der Waals surface area contributed by atoms with Gasteiger partial charge in [0.05, 0.1) is 46.2 Å². The van der Waals surface area contributed by atoms with Crippen LogP contribution in [0.2, 0.25) is 0 Å². The summed E-state index contributed by atoms with van der Waals surface area (Å²) in [5, 5.41) is 0. The highest BCUT2D eigenvalue weighted by Crippen LogP contribution is 2.22. The Kier molecular flexibility index (Phi) is 18.6. The predicted molar refractivity (Wildman–Crippen MR) is 119 cm³/mol. The number of carbonyl (C=O) groups excluding carboxylic acids is 3. The van der Waals surface area contributed by atoms with Crippen molar-refractivity contribution in [3.8, 4) is 0 Å². The Labute approximate surface area is 195 Å². The Morgan fingerprint density at radius 1 is 0.576 bits per heavy atom. The van der Waals surface area contributed by atoms with Crippen molar-refractivity contribution in [2.24, 2.45) is 5.41 Å². The molecule has 188 valence electrons. The molecular weight excluding hydrogens is 436 g/mol. The van der Waals surface area contributed by atoms with E-state index >= 15 is 0 Å². The molecule has 0 atom stereocenters. The molecule has 0 N–H and O–H groups in total. The lowest BCUT2D eigenvalue weighted by molar-refractivity contribution is -0.140. The van der Waals surface area contributed by atoms with Crippen LogP contribution in [-0.2, 0) is 47.5 Å². The molecule has 0 saturated carbocycles. The van der Waals surface area contributed by atoms with Gasteiger partial charge in [-0.05, 0) is 6.42 Å². The highest BCUT2D eigenvalue weighted by Gasteiger charge is 2.25. The SMILES string of the molecule is C=CC(=O)OCCOCCOCCC(C)(COCCOC(=O)C=C)COCCOC(=O)C=C. The van der Waals surface area contributed by atoms with E-state index in [-0.39, 0.29) is 45.1 Å². The topological polar surface area (TPSA) is 116 Å². The van der Waals surface area contributed by atoms with E-state index in [1.165, 1.54) is 0 Å². The van der Waals surface area contributed by atoms with Gasteiger partial charge < -0.3 is 33.2 Å². The van der Waals surface area contributed by atoms with Crippen molar-refractivity contribution in [3.63, 3.8) is 0 Å². The van der Waals surface area contributed by atoms with E-state index in [1.54, 1.807) is 0 Å². The van der Waals surface area contributed by atoms with E-state index in [2.05, 4.69) is 19.7 Å². The summed E-state index contributed by atoms with van der Waals surface area (Å²) in [6, 6.07) is 0. The van der Waals surface area contributed by atoms with Crippen molar-refractivity contribution in [2.75, 3.05) is 72.7 Å². The van der Waals surface area contributed by atoms with Gasteiger partial charge in [-0.1, -0.05) is 26.7 Å². The van der Waals surface area contributed by atoms with Gasteiger partial charge in [-0.15, -0.1) is 0 Å². The van der Waals surface area contributed by atoms with Crippen molar-refractivity contribution in [3.05, 3.63) is 38.0 Å². The van der Waals surface area contributed by atoms with Gasteiger partial charge in [0.2, 0.25) is 0 Å². The fourth-order valence-corrected chi connectivity index (χ4v) is 2.24. The van der Waals surface area contributed by atoms with Crippen LogP contribution in [0.1, 0.15) is 13.3 Å². The summed E-state index contributed by atoms with van der Waals surface area (Å²) >= 11 is 0. The molecule has 0 saturated heterocycles. The van der Waals surface area contributed by atoms with Crippen LogP contribution in [0.3, 0.4) is 0 Å². The lowest BCUT2D eigenvalue weighted by atomic mass is 9.89. The van der Waals surface area contributed by atoms with Gasteiger partial charge in [0, 0.05) is 30.2 Å². The summed E-state index contributed by atoms with van der Waals surface area (Å²) in [7, 11) is 0. The molecular formula is C23H36O10. The second kappa shape index (κ2) is 20.1. The van der Waals surface area contributed by atoms with Crippen LogP contribution < -0.4 is 0 Å². The maximum absolute atomic E-state index is 11.1. The normalized spacial score (nSPS) is 10.8. The van der Waals surface area contributed by atoms with Gasteiger partial charge in [-0.2, -0.15) is 0 Å². The molecule has 0 aliphatic carbocycles. The Morgan fingerprint density at radius 3 is 1.30 bits per heavy atom. The Bertz CT molecular complexity index is 572. The molecule has 0 aromatic carbocycles. The molecule has 0 aliphatic rings. The molecule has 0 amide bonds. The van der Waals surface area contributed by atoms with Gasteiger partial charge in [-0.3, -0.25) is 0 Å². The average molecular weight is 473 g/mol. The maximum atomic E-state index is 11.1. The third kappa shape index (κ3) is 18.7. The first kappa shape index (κ1) is 30.5. The summed E-state index contributed by atoms with van der Waals surface area (Å²) in [6.07, 6.45) is 3.90. The van der Waals surface area contributed by atoms with Crippen molar-refractivity contribution >= 4 is 17.9 Å². The van der Waals surface area contributed by atoms with Crippen LogP contribution in [0.15, 0.2) is 38.0 Å². The minimum absolute atomic E-state index is 0.120. The first-order valence-corrected chi connectivity index (χ1v) is 10.6. The standard InChI is InChI=1S/C23H36O10/c1-5-20(24)31-15-12-28-11-10-27-9-8-23(4,18-29-13-16-32-21(25)6-2)19-30-14-17-33-22(26)7-3/h5-7H,1-3,8-19H2,4H3. The first-order valence-electron chi connectivity index (χ1n) is 10.6. The van der Waals surface area contributed by atoms with E-state index in [4.69, 9.17) is 33.2 Å². The molecule has 0 aliphatic heterocycles. The summed E-state index contributed by atoms with van der Waals surface area (Å²) in [6.45, 7) is 14.9. The van der Waals surface area contributed by atoms with Gasteiger partial charge >= 0.3 is 17.9 Å². The number of esters is 3. The van der Waals surface area contributed by atoms with E-state index in [9.17, 15) is 14.4 Å². The van der Waals surface area contributed by atoms with Gasteiger partial charge in [0.15, 0.2) is 0 Å². The Morgan fingerprint density at radius 2 is 0.909 bits per heavy atom. The fraction of sp³-hybridized carbons (Fsp3) is 0.609. The van der Waals surface area contributed by atoms with Gasteiger partial charge in [0.1, 0.15) is 19.8 Å². The molecule has 10 heteroatoms. The van der Waals surface area contributed by atoms with E-state index in [1.807, 2.05) is 6.92 Å². The first-order chi connectivity index (χ1) is 15.9. The maximum Gasteiger partial charge on any atom is 0.330 e. The lowest BCUT2D eigenvalue weighted by Gasteiger charge is -2.29. The summed E-state index contributed by atoms with van der Waals surface area (Å²) in [4.78, 5) is 33.0. The van der Waals surface area contributed by atoms with Gasteiger partial charge in [0.25, 0.3) is 0 Å². The number of carbonyl (C=O) groups is 3. The highest BCUT2D eigenvalue weighted by molar-refractivity contribution is 5.81. The third-order valence-electron chi connectivity index (χ3n) is 4.04. The Balaban J connectivity index is 4.19. The molecule has 0 radical (unpaired) electrons. The summed E-state index contributed by atoms with van der Waals surface area (Å²) < 4.78 is 36.8. The lowest BCUT2D eigenvalue weighted by Crippen LogP contribution is -2.32. The van der Waals surface area contributed by atoms with Crippen LogP contribution in [0.25, 0.3) is 0 Å². The molecule has 33 heavy (non-hydrogen) atoms. The van der Waals surface area contributed by atoms with Crippen LogP contribution >= 0.6 is 0 Å². The van der Waals surface area contributed by atoms with Crippen LogP contribution in [0.4, 0.5) is 0 Å². The van der Waals surface area contributed by atoms with Crippen LogP contribution in [0, 0.1) is 5.41 Å².